The standard InChI is InChI=1S/C15H13NO3/c1-2-5-10-11-12(16-13(10)15(18)19)8-6-3-4-7-9(8)14(11)17/h3-4,6-7,16H,2,5H2,1H3,(H,18,19). The van der Waals surface area contributed by atoms with Crippen LogP contribution in [0.15, 0.2) is 24.3 Å². The molecule has 1 heterocycles. The molecule has 0 unspecified atom stereocenters. The van der Waals surface area contributed by atoms with Gasteiger partial charge in [-0.3, -0.25) is 4.79 Å². The number of fused-ring (bicyclic) bond motifs is 3. The monoisotopic (exact) mass is 255 g/mol. The molecule has 0 bridgehead atoms. The van der Waals surface area contributed by atoms with Crippen molar-refractivity contribution in [1.29, 1.82) is 0 Å². The minimum Gasteiger partial charge on any atom is -0.477 e. The summed E-state index contributed by atoms with van der Waals surface area (Å²) >= 11 is 0. The van der Waals surface area contributed by atoms with Crippen molar-refractivity contribution in [3.63, 3.8) is 0 Å². The highest BCUT2D eigenvalue weighted by atomic mass is 16.4. The largest absolute Gasteiger partial charge is 0.477 e. The second-order valence-corrected chi connectivity index (χ2v) is 4.66. The number of carboxylic acid groups (broad SMARTS) is 1. The van der Waals surface area contributed by atoms with Gasteiger partial charge in [-0.05, 0) is 12.0 Å². The molecule has 2 aromatic rings. The first-order valence-electron chi connectivity index (χ1n) is 6.27. The third-order valence-corrected chi connectivity index (χ3v) is 3.49. The van der Waals surface area contributed by atoms with Crippen molar-refractivity contribution in [2.24, 2.45) is 0 Å². The van der Waals surface area contributed by atoms with Crippen LogP contribution in [0.3, 0.4) is 0 Å². The number of nitrogens with one attached hydrogen (secondary N) is 1. The van der Waals surface area contributed by atoms with Gasteiger partial charge in [-0.25, -0.2) is 4.79 Å². The molecule has 96 valence electrons. The van der Waals surface area contributed by atoms with E-state index in [1.807, 2.05) is 25.1 Å². The van der Waals surface area contributed by atoms with Gasteiger partial charge in [0.25, 0.3) is 0 Å². The average molecular weight is 255 g/mol. The van der Waals surface area contributed by atoms with Gasteiger partial charge in [0.15, 0.2) is 5.78 Å². The topological polar surface area (TPSA) is 70.2 Å². The molecule has 0 amide bonds. The van der Waals surface area contributed by atoms with Crippen molar-refractivity contribution in [2.45, 2.75) is 19.8 Å². The van der Waals surface area contributed by atoms with E-state index < -0.39 is 5.97 Å². The van der Waals surface area contributed by atoms with Crippen molar-refractivity contribution in [2.75, 3.05) is 0 Å². The zero-order chi connectivity index (χ0) is 13.6. The van der Waals surface area contributed by atoms with Gasteiger partial charge in [0.05, 0.1) is 11.3 Å². The number of aromatic carboxylic acids is 1. The number of carbonyl (C=O) groups is 2. The Labute approximate surface area is 110 Å². The van der Waals surface area contributed by atoms with E-state index in [1.54, 1.807) is 6.07 Å². The molecule has 4 nitrogen and oxygen atoms in total. The lowest BCUT2D eigenvalue weighted by molar-refractivity contribution is 0.0690. The van der Waals surface area contributed by atoms with Crippen LogP contribution in [-0.4, -0.2) is 21.8 Å². The Bertz CT molecular complexity index is 697. The second-order valence-electron chi connectivity index (χ2n) is 4.66. The second kappa shape index (κ2) is 4.09. The molecule has 19 heavy (non-hydrogen) atoms. The predicted molar refractivity (Wildman–Crippen MR) is 70.6 cm³/mol. The Morgan fingerprint density at radius 2 is 1.95 bits per heavy atom. The molecule has 2 N–H and O–H groups in total. The first-order chi connectivity index (χ1) is 9.15. The van der Waals surface area contributed by atoms with E-state index in [1.165, 1.54) is 0 Å². The summed E-state index contributed by atoms with van der Waals surface area (Å²) in [5, 5.41) is 9.24. The first-order valence-corrected chi connectivity index (χ1v) is 6.27. The highest BCUT2D eigenvalue weighted by molar-refractivity contribution is 6.23. The Hall–Kier alpha value is -2.36. The summed E-state index contributed by atoms with van der Waals surface area (Å²) in [5.41, 5.74) is 3.42. The molecular weight excluding hydrogens is 242 g/mol. The fourth-order valence-electron chi connectivity index (χ4n) is 2.71. The van der Waals surface area contributed by atoms with Crippen molar-refractivity contribution < 1.29 is 14.7 Å². The highest BCUT2D eigenvalue weighted by Gasteiger charge is 2.33. The number of aromatic amines is 1. The molecule has 0 saturated heterocycles. The molecule has 0 fully saturated rings. The fourth-order valence-corrected chi connectivity index (χ4v) is 2.71. The molecule has 1 aliphatic carbocycles. The number of ketones is 1. The smallest absolute Gasteiger partial charge is 0.352 e. The SMILES string of the molecule is CCCc1c(C(=O)O)[nH]c2c1C(=O)c1ccccc1-2. The molecule has 1 aliphatic rings. The van der Waals surface area contributed by atoms with Gasteiger partial charge in [0.1, 0.15) is 5.69 Å². The number of aromatic nitrogens is 1. The van der Waals surface area contributed by atoms with Gasteiger partial charge >= 0.3 is 5.97 Å². The van der Waals surface area contributed by atoms with Crippen LogP contribution in [0.1, 0.15) is 45.3 Å². The minimum atomic E-state index is -1.01. The number of hydrogen-bond donors (Lipinski definition) is 2. The summed E-state index contributed by atoms with van der Waals surface area (Å²) in [5.74, 6) is -1.08. The summed E-state index contributed by atoms with van der Waals surface area (Å²) in [6.45, 7) is 1.97. The Kier molecular flexibility index (Phi) is 2.52. The van der Waals surface area contributed by atoms with E-state index in [-0.39, 0.29) is 11.5 Å². The van der Waals surface area contributed by atoms with Crippen molar-refractivity contribution >= 4 is 11.8 Å². The zero-order valence-corrected chi connectivity index (χ0v) is 10.5. The molecule has 0 aliphatic heterocycles. The van der Waals surface area contributed by atoms with Crippen LogP contribution in [-0.2, 0) is 6.42 Å². The molecule has 0 saturated carbocycles. The first kappa shape index (κ1) is 11.7. The summed E-state index contributed by atoms with van der Waals surface area (Å²) in [6.07, 6.45) is 1.39. The van der Waals surface area contributed by atoms with E-state index in [9.17, 15) is 14.7 Å². The van der Waals surface area contributed by atoms with Gasteiger partial charge in [0.2, 0.25) is 0 Å². The summed E-state index contributed by atoms with van der Waals surface area (Å²) < 4.78 is 0. The number of benzene rings is 1. The zero-order valence-electron chi connectivity index (χ0n) is 10.5. The maximum absolute atomic E-state index is 12.4. The molecule has 4 heteroatoms. The van der Waals surface area contributed by atoms with Crippen molar-refractivity contribution in [3.8, 4) is 11.3 Å². The van der Waals surface area contributed by atoms with Crippen molar-refractivity contribution in [3.05, 3.63) is 46.6 Å². The van der Waals surface area contributed by atoms with Gasteiger partial charge in [-0.15, -0.1) is 0 Å². The van der Waals surface area contributed by atoms with Crippen LogP contribution in [0.2, 0.25) is 0 Å². The van der Waals surface area contributed by atoms with Crippen LogP contribution >= 0.6 is 0 Å². The lowest BCUT2D eigenvalue weighted by Crippen LogP contribution is -2.05. The summed E-state index contributed by atoms with van der Waals surface area (Å²) in [7, 11) is 0. The lowest BCUT2D eigenvalue weighted by atomic mass is 10.0. The Balaban J connectivity index is 2.29. The van der Waals surface area contributed by atoms with Crippen LogP contribution in [0, 0.1) is 0 Å². The molecule has 0 atom stereocenters. The van der Waals surface area contributed by atoms with Crippen LogP contribution in [0.4, 0.5) is 0 Å². The van der Waals surface area contributed by atoms with E-state index >= 15 is 0 Å². The van der Waals surface area contributed by atoms with Gasteiger partial charge < -0.3 is 10.1 Å². The highest BCUT2D eigenvalue weighted by Crippen LogP contribution is 2.39. The molecule has 1 aromatic heterocycles. The maximum Gasteiger partial charge on any atom is 0.352 e. The van der Waals surface area contributed by atoms with E-state index in [0.717, 1.165) is 12.0 Å². The van der Waals surface area contributed by atoms with E-state index in [2.05, 4.69) is 4.98 Å². The number of carboxylic acids is 1. The quantitative estimate of drug-likeness (QED) is 0.756. The van der Waals surface area contributed by atoms with Crippen molar-refractivity contribution in [1.82, 2.24) is 4.98 Å². The molecule has 0 radical (unpaired) electrons. The predicted octanol–water partition coefficient (Wildman–Crippen LogP) is 2.88. The summed E-state index contributed by atoms with van der Waals surface area (Å²) in [6, 6.07) is 7.29. The lowest BCUT2D eigenvalue weighted by Gasteiger charge is -2.01. The Morgan fingerprint density at radius 1 is 1.26 bits per heavy atom. The number of carbonyl (C=O) groups excluding carboxylic acids is 1. The van der Waals surface area contributed by atoms with E-state index in [4.69, 9.17) is 0 Å². The normalized spacial score (nSPS) is 12.4. The third kappa shape index (κ3) is 1.53. The van der Waals surface area contributed by atoms with Gasteiger partial charge in [-0.1, -0.05) is 37.6 Å². The molecule has 1 aromatic carbocycles. The van der Waals surface area contributed by atoms with Gasteiger partial charge in [0, 0.05) is 11.1 Å². The van der Waals surface area contributed by atoms with E-state index in [0.29, 0.717) is 28.8 Å². The maximum atomic E-state index is 12.4. The third-order valence-electron chi connectivity index (χ3n) is 3.49. The average Bonchev–Trinajstić information content (AvgIpc) is 2.89. The number of rotatable bonds is 3. The molecule has 0 spiro atoms. The van der Waals surface area contributed by atoms with Gasteiger partial charge in [-0.2, -0.15) is 0 Å². The Morgan fingerprint density at radius 3 is 2.58 bits per heavy atom. The molecular formula is C15H13NO3. The summed E-state index contributed by atoms with van der Waals surface area (Å²) in [4.78, 5) is 26.6. The number of hydrogen-bond acceptors (Lipinski definition) is 2. The van der Waals surface area contributed by atoms with Crippen LogP contribution in [0.5, 0.6) is 0 Å². The van der Waals surface area contributed by atoms with Crippen LogP contribution < -0.4 is 0 Å². The van der Waals surface area contributed by atoms with Crippen LogP contribution in [0.25, 0.3) is 11.3 Å². The minimum absolute atomic E-state index is 0.0715. The molecule has 3 rings (SSSR count). The fraction of sp³-hybridized carbons (Fsp3) is 0.200. The number of H-pyrrole nitrogens is 1.